The van der Waals surface area contributed by atoms with Crippen LogP contribution in [0.1, 0.15) is 53.0 Å². The fourth-order valence-corrected chi connectivity index (χ4v) is 5.51. The van der Waals surface area contributed by atoms with E-state index in [9.17, 15) is 18.0 Å². The molecule has 1 aromatic carbocycles. The number of nitrogens with one attached hydrogen (secondary N) is 1. The number of carbonyl (C=O) groups is 2. The number of nitrogen functional groups attached to an aromatic ring is 1. The lowest BCUT2D eigenvalue weighted by atomic mass is 10.0. The largest absolute Gasteiger partial charge is 0.438 e. The second-order valence-corrected chi connectivity index (χ2v) is 11.8. The summed E-state index contributed by atoms with van der Waals surface area (Å²) < 4.78 is 34.0. The summed E-state index contributed by atoms with van der Waals surface area (Å²) in [5.74, 6) is -0.443. The number of aromatic nitrogens is 2. The number of ether oxygens (including phenoxy) is 1. The number of carbonyl (C=O) groups excluding carboxylic acids is 2. The van der Waals surface area contributed by atoms with Crippen LogP contribution in [-0.2, 0) is 14.8 Å². The van der Waals surface area contributed by atoms with E-state index in [1.165, 1.54) is 24.3 Å². The summed E-state index contributed by atoms with van der Waals surface area (Å²) in [5.41, 5.74) is 9.77. The molecule has 4 rings (SSSR count). The van der Waals surface area contributed by atoms with Crippen molar-refractivity contribution in [2.24, 2.45) is 5.92 Å². The third kappa shape index (κ3) is 6.31. The second-order valence-electron chi connectivity index (χ2n) is 10.1. The molecule has 0 fully saturated rings. The number of aryl methyl sites for hydroxylation is 3. The topological polar surface area (TPSA) is 145 Å². The molecular formula is C29H33N5O5S. The lowest BCUT2D eigenvalue weighted by Gasteiger charge is -2.28. The molecule has 1 aliphatic heterocycles. The van der Waals surface area contributed by atoms with Gasteiger partial charge in [0.25, 0.3) is 15.9 Å². The number of rotatable bonds is 7. The maximum Gasteiger partial charge on any atom is 0.281 e. The van der Waals surface area contributed by atoms with E-state index in [4.69, 9.17) is 10.5 Å². The Kier molecular flexibility index (Phi) is 8.24. The van der Waals surface area contributed by atoms with Crippen LogP contribution in [0, 0.1) is 26.7 Å². The van der Waals surface area contributed by atoms with Gasteiger partial charge in [-0.15, -0.1) is 0 Å². The molecule has 40 heavy (non-hydrogen) atoms. The van der Waals surface area contributed by atoms with Gasteiger partial charge < -0.3 is 15.4 Å². The van der Waals surface area contributed by atoms with Gasteiger partial charge in [0.15, 0.2) is 5.03 Å². The number of nitrogens with zero attached hydrogens (tertiary/aromatic N) is 3. The quantitative estimate of drug-likeness (QED) is 0.436. The predicted molar refractivity (Wildman–Crippen MR) is 152 cm³/mol. The maximum absolute atomic E-state index is 13.3. The molecule has 3 aromatic rings. The van der Waals surface area contributed by atoms with Crippen LogP contribution in [0.4, 0.5) is 5.82 Å². The predicted octanol–water partition coefficient (Wildman–Crippen LogP) is 4.17. The van der Waals surface area contributed by atoms with Crippen molar-refractivity contribution in [2.75, 3.05) is 18.8 Å². The average molecular weight is 564 g/mol. The van der Waals surface area contributed by atoms with Gasteiger partial charge in [-0.05, 0) is 68.2 Å². The smallest absolute Gasteiger partial charge is 0.281 e. The number of nitrogens with two attached hydrogens (primary N) is 1. The molecule has 3 N–H and O–H groups in total. The lowest BCUT2D eigenvalue weighted by Crippen LogP contribution is -2.37. The Balaban J connectivity index is 1.71. The number of amides is 2. The van der Waals surface area contributed by atoms with Gasteiger partial charge in [0.2, 0.25) is 11.8 Å². The van der Waals surface area contributed by atoms with E-state index in [-0.39, 0.29) is 34.1 Å². The van der Waals surface area contributed by atoms with Gasteiger partial charge in [0.05, 0.1) is 5.69 Å². The van der Waals surface area contributed by atoms with Crippen molar-refractivity contribution in [1.29, 1.82) is 0 Å². The van der Waals surface area contributed by atoms with E-state index < -0.39 is 15.9 Å². The molecule has 11 heteroatoms. The maximum atomic E-state index is 13.3. The van der Waals surface area contributed by atoms with Crippen LogP contribution in [0.5, 0.6) is 11.6 Å². The molecule has 210 valence electrons. The summed E-state index contributed by atoms with van der Waals surface area (Å²) in [5, 5.41) is -0.383. The van der Waals surface area contributed by atoms with Crippen LogP contribution in [-0.4, -0.2) is 48.2 Å². The van der Waals surface area contributed by atoms with Crippen molar-refractivity contribution in [3.05, 3.63) is 76.5 Å². The molecule has 0 unspecified atom stereocenters. The van der Waals surface area contributed by atoms with Crippen LogP contribution in [0.15, 0.2) is 53.6 Å². The number of hydrogen-bond donors (Lipinski definition) is 2. The van der Waals surface area contributed by atoms with Crippen LogP contribution in [0.2, 0.25) is 0 Å². The first-order valence-corrected chi connectivity index (χ1v) is 14.4. The van der Waals surface area contributed by atoms with Gasteiger partial charge in [0.1, 0.15) is 17.1 Å². The van der Waals surface area contributed by atoms with Gasteiger partial charge in [0, 0.05) is 19.0 Å². The second kappa shape index (κ2) is 11.5. The van der Waals surface area contributed by atoms with Crippen molar-refractivity contribution >= 4 is 33.2 Å². The van der Waals surface area contributed by atoms with Gasteiger partial charge in [-0.1, -0.05) is 43.7 Å². The minimum Gasteiger partial charge on any atom is -0.438 e. The summed E-state index contributed by atoms with van der Waals surface area (Å²) in [4.78, 5) is 35.9. The van der Waals surface area contributed by atoms with Crippen LogP contribution >= 0.6 is 0 Å². The normalized spacial score (nSPS) is 13.7. The number of anilines is 1. The monoisotopic (exact) mass is 563 g/mol. The third-order valence-corrected chi connectivity index (χ3v) is 7.73. The zero-order chi connectivity index (χ0) is 29.2. The van der Waals surface area contributed by atoms with Gasteiger partial charge in [-0.2, -0.15) is 8.42 Å². The summed E-state index contributed by atoms with van der Waals surface area (Å²) in [6, 6.07) is 11.2. The minimum absolute atomic E-state index is 0.00473. The molecular weight excluding hydrogens is 530 g/mol. The molecule has 10 nitrogen and oxygen atoms in total. The first-order valence-electron chi connectivity index (χ1n) is 12.9. The van der Waals surface area contributed by atoms with Crippen LogP contribution in [0.25, 0.3) is 5.57 Å². The standard InChI is InChI=1S/C29H33N5O5S/c1-17(2)29(36)34-13-11-21(12-14-34)23-10-9-22(27(35)33-40(37,38)25-8-6-7-24(30)32-25)28(31-23)39-26-19(4)15-18(3)16-20(26)5/h6-11,15-17H,12-14H2,1-5H3,(H2,30,32)(H,33,35). The fraction of sp³-hybridized carbons (Fsp3) is 0.310. The third-order valence-electron chi connectivity index (χ3n) is 6.50. The van der Waals surface area contributed by atoms with E-state index in [0.29, 0.717) is 31.0 Å². The SMILES string of the molecule is Cc1cc(C)c(Oc2nc(C3=CCN(C(=O)C(C)C)CC3)ccc2C(=O)NS(=O)(=O)c2cccc(N)n2)c(C)c1. The number of sulfonamides is 1. The Morgan fingerprint density at radius 3 is 2.35 bits per heavy atom. The first kappa shape index (κ1) is 28.8. The zero-order valence-electron chi connectivity index (χ0n) is 23.2. The number of benzene rings is 1. The average Bonchev–Trinajstić information content (AvgIpc) is 2.90. The molecule has 0 radical (unpaired) electrons. The van der Waals surface area contributed by atoms with E-state index in [0.717, 1.165) is 22.3 Å². The highest BCUT2D eigenvalue weighted by Gasteiger charge is 2.26. The van der Waals surface area contributed by atoms with E-state index in [2.05, 4.69) is 9.97 Å². The molecule has 0 spiro atoms. The van der Waals surface area contributed by atoms with Crippen molar-refractivity contribution in [1.82, 2.24) is 19.6 Å². The van der Waals surface area contributed by atoms with Crippen LogP contribution in [0.3, 0.4) is 0 Å². The Morgan fingerprint density at radius 1 is 1.05 bits per heavy atom. The highest BCUT2D eigenvalue weighted by molar-refractivity contribution is 7.90. The summed E-state index contributed by atoms with van der Waals surface area (Å²) >= 11 is 0. The molecule has 3 heterocycles. The fourth-order valence-electron chi connectivity index (χ4n) is 4.57. The highest BCUT2D eigenvalue weighted by Crippen LogP contribution is 2.33. The van der Waals surface area contributed by atoms with Gasteiger partial charge >= 0.3 is 0 Å². The summed E-state index contributed by atoms with van der Waals surface area (Å²) in [6.07, 6.45) is 2.52. The first-order chi connectivity index (χ1) is 18.9. The minimum atomic E-state index is -4.32. The molecule has 0 bridgehead atoms. The van der Waals surface area contributed by atoms with E-state index >= 15 is 0 Å². The molecule has 1 aliphatic rings. The summed E-state index contributed by atoms with van der Waals surface area (Å²) in [6.45, 7) is 10.5. The van der Waals surface area contributed by atoms with E-state index in [1.807, 2.05) is 57.5 Å². The van der Waals surface area contributed by atoms with Gasteiger partial charge in [-0.3, -0.25) is 9.59 Å². The lowest BCUT2D eigenvalue weighted by molar-refractivity contribution is -0.134. The van der Waals surface area contributed by atoms with Gasteiger partial charge in [-0.25, -0.2) is 14.7 Å². The molecule has 0 atom stereocenters. The summed E-state index contributed by atoms with van der Waals surface area (Å²) in [7, 11) is -4.32. The van der Waals surface area contributed by atoms with Crippen LogP contribution < -0.4 is 15.2 Å². The van der Waals surface area contributed by atoms with Crippen molar-refractivity contribution < 1.29 is 22.7 Å². The Labute approximate surface area is 234 Å². The highest BCUT2D eigenvalue weighted by atomic mass is 32.2. The molecule has 2 aromatic heterocycles. The van der Waals surface area contributed by atoms with Crippen molar-refractivity contribution in [3.8, 4) is 11.6 Å². The zero-order valence-corrected chi connectivity index (χ0v) is 24.0. The molecule has 0 aliphatic carbocycles. The number of pyridine rings is 2. The number of hydrogen-bond acceptors (Lipinski definition) is 8. The molecule has 2 amide bonds. The van der Waals surface area contributed by atoms with Crippen molar-refractivity contribution in [2.45, 2.75) is 46.1 Å². The molecule has 0 saturated heterocycles. The van der Waals surface area contributed by atoms with Crippen molar-refractivity contribution in [3.63, 3.8) is 0 Å². The molecule has 0 saturated carbocycles. The Morgan fingerprint density at radius 2 is 1.75 bits per heavy atom. The Hall–Kier alpha value is -4.25. The Bertz CT molecular complexity index is 1590. The van der Waals surface area contributed by atoms with E-state index in [1.54, 1.807) is 11.0 Å².